The van der Waals surface area contributed by atoms with Crippen LogP contribution in [-0.4, -0.2) is 52.0 Å². The van der Waals surface area contributed by atoms with E-state index < -0.39 is 0 Å². The molecule has 0 radical (unpaired) electrons. The van der Waals surface area contributed by atoms with Crippen molar-refractivity contribution in [3.8, 4) is 11.4 Å². The van der Waals surface area contributed by atoms with Crippen LogP contribution in [0.15, 0.2) is 60.8 Å². The van der Waals surface area contributed by atoms with E-state index in [2.05, 4.69) is 20.6 Å². The SMILES string of the molecule is Cc1nc(-c2ccccc2)ncc1C(=O)N[C@H]1CC[C@@H](Nc2nc(N(C)C)c3ccccc3n2)CC1. The first-order valence-electron chi connectivity index (χ1n) is 12.4. The normalized spacial score (nSPS) is 17.5. The van der Waals surface area contributed by atoms with Crippen molar-refractivity contribution in [2.24, 2.45) is 0 Å². The molecule has 1 fully saturated rings. The highest BCUT2D eigenvalue weighted by atomic mass is 16.1. The zero-order valence-electron chi connectivity index (χ0n) is 20.9. The van der Waals surface area contributed by atoms with Crippen LogP contribution >= 0.6 is 0 Å². The molecule has 184 valence electrons. The highest BCUT2D eigenvalue weighted by Crippen LogP contribution is 2.26. The van der Waals surface area contributed by atoms with Gasteiger partial charge in [-0.05, 0) is 44.7 Å². The lowest BCUT2D eigenvalue weighted by molar-refractivity contribution is 0.0925. The van der Waals surface area contributed by atoms with Crippen molar-refractivity contribution in [2.45, 2.75) is 44.7 Å². The molecule has 0 unspecified atom stereocenters. The third-order valence-electron chi connectivity index (χ3n) is 6.66. The van der Waals surface area contributed by atoms with Gasteiger partial charge in [0, 0.05) is 43.3 Å². The van der Waals surface area contributed by atoms with Crippen LogP contribution in [0.2, 0.25) is 0 Å². The summed E-state index contributed by atoms with van der Waals surface area (Å²) >= 11 is 0. The molecule has 2 aromatic carbocycles. The Balaban J connectivity index is 1.19. The van der Waals surface area contributed by atoms with Gasteiger partial charge in [0.2, 0.25) is 5.95 Å². The van der Waals surface area contributed by atoms with Gasteiger partial charge in [-0.15, -0.1) is 0 Å². The van der Waals surface area contributed by atoms with Gasteiger partial charge in [0.05, 0.1) is 16.8 Å². The maximum atomic E-state index is 12.9. The minimum Gasteiger partial charge on any atom is -0.362 e. The molecule has 2 aromatic heterocycles. The van der Waals surface area contributed by atoms with Gasteiger partial charge in [0.15, 0.2) is 5.82 Å². The number of carbonyl (C=O) groups is 1. The van der Waals surface area contributed by atoms with E-state index in [0.717, 1.165) is 48.0 Å². The lowest BCUT2D eigenvalue weighted by Crippen LogP contribution is -2.40. The smallest absolute Gasteiger partial charge is 0.254 e. The summed E-state index contributed by atoms with van der Waals surface area (Å²) in [6.07, 6.45) is 5.27. The minimum atomic E-state index is -0.114. The lowest BCUT2D eigenvalue weighted by Gasteiger charge is -2.30. The van der Waals surface area contributed by atoms with Gasteiger partial charge >= 0.3 is 0 Å². The van der Waals surface area contributed by atoms with Crippen molar-refractivity contribution < 1.29 is 4.79 Å². The number of aryl methyl sites for hydroxylation is 1. The van der Waals surface area contributed by atoms with E-state index in [-0.39, 0.29) is 18.0 Å². The number of para-hydroxylation sites is 1. The molecule has 0 spiro atoms. The summed E-state index contributed by atoms with van der Waals surface area (Å²) in [4.78, 5) is 33.4. The predicted molar refractivity (Wildman–Crippen MR) is 143 cm³/mol. The van der Waals surface area contributed by atoms with Crippen LogP contribution in [-0.2, 0) is 0 Å². The Labute approximate surface area is 211 Å². The van der Waals surface area contributed by atoms with Crippen LogP contribution < -0.4 is 15.5 Å². The molecular formula is C28H31N7O. The number of hydrogen-bond acceptors (Lipinski definition) is 7. The number of benzene rings is 2. The molecule has 5 rings (SSSR count). The quantitative estimate of drug-likeness (QED) is 0.415. The monoisotopic (exact) mass is 481 g/mol. The third kappa shape index (κ3) is 5.12. The summed E-state index contributed by atoms with van der Waals surface area (Å²) in [5.41, 5.74) is 3.07. The van der Waals surface area contributed by atoms with Crippen LogP contribution in [0, 0.1) is 6.92 Å². The summed E-state index contributed by atoms with van der Waals surface area (Å²) < 4.78 is 0. The number of hydrogen-bond donors (Lipinski definition) is 2. The van der Waals surface area contributed by atoms with Crippen molar-refractivity contribution in [3.05, 3.63) is 72.1 Å². The van der Waals surface area contributed by atoms with Gasteiger partial charge in [-0.1, -0.05) is 42.5 Å². The van der Waals surface area contributed by atoms with Crippen molar-refractivity contribution in [2.75, 3.05) is 24.3 Å². The Morgan fingerprint density at radius 3 is 2.31 bits per heavy atom. The molecular weight excluding hydrogens is 450 g/mol. The summed E-state index contributed by atoms with van der Waals surface area (Å²) in [6, 6.07) is 18.2. The summed E-state index contributed by atoms with van der Waals surface area (Å²) in [7, 11) is 3.99. The number of nitrogens with one attached hydrogen (secondary N) is 2. The minimum absolute atomic E-state index is 0.114. The second-order valence-electron chi connectivity index (χ2n) is 9.51. The van der Waals surface area contributed by atoms with Crippen molar-refractivity contribution in [1.29, 1.82) is 0 Å². The van der Waals surface area contributed by atoms with Gasteiger partial charge in [0.25, 0.3) is 5.91 Å². The molecule has 8 heteroatoms. The van der Waals surface area contributed by atoms with Gasteiger partial charge in [-0.25, -0.2) is 15.0 Å². The molecule has 0 atom stereocenters. The molecule has 2 heterocycles. The number of carbonyl (C=O) groups excluding carboxylic acids is 1. The second-order valence-corrected chi connectivity index (χ2v) is 9.51. The van der Waals surface area contributed by atoms with Crippen LogP contribution in [0.25, 0.3) is 22.3 Å². The van der Waals surface area contributed by atoms with E-state index in [9.17, 15) is 4.79 Å². The highest BCUT2D eigenvalue weighted by molar-refractivity contribution is 5.95. The number of anilines is 2. The largest absolute Gasteiger partial charge is 0.362 e. The van der Waals surface area contributed by atoms with Crippen LogP contribution in [0.1, 0.15) is 41.7 Å². The van der Waals surface area contributed by atoms with Crippen molar-refractivity contribution in [1.82, 2.24) is 25.3 Å². The average Bonchev–Trinajstić information content (AvgIpc) is 2.89. The molecule has 2 N–H and O–H groups in total. The predicted octanol–water partition coefficient (Wildman–Crippen LogP) is 4.61. The number of nitrogens with zero attached hydrogens (tertiary/aromatic N) is 5. The van der Waals surface area contributed by atoms with E-state index in [4.69, 9.17) is 9.97 Å². The van der Waals surface area contributed by atoms with Crippen molar-refractivity contribution in [3.63, 3.8) is 0 Å². The topological polar surface area (TPSA) is 95.9 Å². The molecule has 0 aliphatic heterocycles. The van der Waals surface area contributed by atoms with Crippen molar-refractivity contribution >= 4 is 28.6 Å². The van der Waals surface area contributed by atoms with Crippen LogP contribution in [0.4, 0.5) is 11.8 Å². The van der Waals surface area contributed by atoms with Gasteiger partial charge in [0.1, 0.15) is 5.82 Å². The van der Waals surface area contributed by atoms with Gasteiger partial charge < -0.3 is 15.5 Å². The van der Waals surface area contributed by atoms with Crippen LogP contribution in [0.3, 0.4) is 0 Å². The maximum Gasteiger partial charge on any atom is 0.254 e. The second kappa shape index (κ2) is 10.3. The molecule has 36 heavy (non-hydrogen) atoms. The zero-order valence-corrected chi connectivity index (χ0v) is 20.9. The third-order valence-corrected chi connectivity index (χ3v) is 6.66. The highest BCUT2D eigenvalue weighted by Gasteiger charge is 2.24. The molecule has 0 saturated heterocycles. The Morgan fingerprint density at radius 2 is 1.58 bits per heavy atom. The fourth-order valence-corrected chi connectivity index (χ4v) is 4.71. The fraction of sp³-hybridized carbons (Fsp3) is 0.321. The number of amides is 1. The molecule has 8 nitrogen and oxygen atoms in total. The van der Waals surface area contributed by atoms with Gasteiger partial charge in [-0.3, -0.25) is 4.79 Å². The number of fused-ring (bicyclic) bond motifs is 1. The summed E-state index contributed by atoms with van der Waals surface area (Å²) in [6.45, 7) is 1.86. The Kier molecular flexibility index (Phi) is 6.75. The first-order chi connectivity index (χ1) is 17.5. The number of aromatic nitrogens is 4. The summed E-state index contributed by atoms with van der Waals surface area (Å²) in [5.74, 6) is 2.07. The molecule has 1 aliphatic rings. The van der Waals surface area contributed by atoms with E-state index >= 15 is 0 Å². The molecule has 4 aromatic rings. The standard InChI is InChI=1S/C28H31N7O/c1-18-23(17-29-25(30-18)19-9-5-4-6-10-19)27(36)31-20-13-15-21(16-14-20)32-28-33-24-12-8-7-11-22(24)26(34-28)35(2)3/h4-12,17,20-21H,13-16H2,1-3H3,(H,31,36)(H,32,33,34)/t20-,21+. The molecule has 1 aliphatic carbocycles. The van der Waals surface area contributed by atoms with E-state index in [1.54, 1.807) is 6.20 Å². The maximum absolute atomic E-state index is 12.9. The first kappa shape index (κ1) is 23.7. The Morgan fingerprint density at radius 1 is 0.889 bits per heavy atom. The number of rotatable bonds is 6. The Hall–Kier alpha value is -4.07. The average molecular weight is 482 g/mol. The Bertz CT molecular complexity index is 1370. The van der Waals surface area contributed by atoms with Gasteiger partial charge in [-0.2, -0.15) is 4.98 Å². The molecule has 1 saturated carbocycles. The fourth-order valence-electron chi connectivity index (χ4n) is 4.71. The zero-order chi connectivity index (χ0) is 25.1. The first-order valence-corrected chi connectivity index (χ1v) is 12.4. The lowest BCUT2D eigenvalue weighted by atomic mass is 9.91. The molecule has 1 amide bonds. The molecule has 0 bridgehead atoms. The van der Waals surface area contributed by atoms with E-state index in [0.29, 0.717) is 23.0 Å². The summed E-state index contributed by atoms with van der Waals surface area (Å²) in [5, 5.41) is 7.74. The van der Waals surface area contributed by atoms with Crippen LogP contribution in [0.5, 0.6) is 0 Å². The van der Waals surface area contributed by atoms with E-state index in [1.165, 1.54) is 0 Å². The van der Waals surface area contributed by atoms with E-state index in [1.807, 2.05) is 80.5 Å².